The molecule has 1 aliphatic heterocycles. The molecular formula is C23H21N5O4S2. The number of methoxy groups -OCH3 is 1. The average Bonchev–Trinajstić information content (AvgIpc) is 3.68. The number of nitrogens with zero attached hydrogens (tertiary/aromatic N) is 4. The van der Waals surface area contributed by atoms with Crippen LogP contribution in [-0.4, -0.2) is 39.7 Å². The van der Waals surface area contributed by atoms with Gasteiger partial charge in [0.25, 0.3) is 5.91 Å². The summed E-state index contributed by atoms with van der Waals surface area (Å²) in [6.45, 7) is 0.521. The average molecular weight is 496 g/mol. The van der Waals surface area contributed by atoms with Gasteiger partial charge in [-0.2, -0.15) is 5.10 Å². The number of amides is 1. The van der Waals surface area contributed by atoms with Crippen molar-refractivity contribution in [1.29, 1.82) is 0 Å². The second kappa shape index (κ2) is 10.1. The largest absolute Gasteiger partial charge is 0.497 e. The van der Waals surface area contributed by atoms with E-state index in [1.54, 1.807) is 19.6 Å². The first kappa shape index (κ1) is 22.2. The van der Waals surface area contributed by atoms with E-state index in [2.05, 4.69) is 20.6 Å². The van der Waals surface area contributed by atoms with Crippen LogP contribution in [-0.2, 0) is 11.3 Å². The third-order valence-electron chi connectivity index (χ3n) is 5.18. The third kappa shape index (κ3) is 5.00. The minimum atomic E-state index is -0.292. The molecule has 1 aliphatic rings. The molecule has 1 amide bonds. The second-order valence-electron chi connectivity index (χ2n) is 7.34. The van der Waals surface area contributed by atoms with Gasteiger partial charge in [-0.1, -0.05) is 23.1 Å². The van der Waals surface area contributed by atoms with Crippen LogP contribution in [0.15, 0.2) is 79.3 Å². The fraction of sp³-hybridized carbons (Fsp3) is 0.217. The third-order valence-corrected chi connectivity index (χ3v) is 7.18. The van der Waals surface area contributed by atoms with E-state index in [9.17, 15) is 4.79 Å². The zero-order chi connectivity index (χ0) is 23.3. The van der Waals surface area contributed by atoms with Gasteiger partial charge >= 0.3 is 0 Å². The highest BCUT2D eigenvalue weighted by atomic mass is 32.2. The van der Waals surface area contributed by atoms with Crippen LogP contribution < -0.4 is 10.1 Å². The Labute approximate surface area is 203 Å². The fourth-order valence-electron chi connectivity index (χ4n) is 3.51. The molecule has 0 saturated heterocycles. The van der Waals surface area contributed by atoms with Crippen LogP contribution in [0.4, 0.5) is 5.13 Å². The monoisotopic (exact) mass is 495 g/mol. The Morgan fingerprint density at radius 3 is 2.74 bits per heavy atom. The SMILES string of the molecule is COc1ccc(C2=NN(C(=O)CSc3nnc(NCc4ccco4)s3)C(c3ccco3)C2)cc1. The minimum absolute atomic E-state index is 0.129. The van der Waals surface area contributed by atoms with E-state index in [0.717, 1.165) is 22.8 Å². The van der Waals surface area contributed by atoms with Crippen molar-refractivity contribution in [2.24, 2.45) is 5.10 Å². The molecule has 1 N–H and O–H groups in total. The van der Waals surface area contributed by atoms with Gasteiger partial charge in [-0.15, -0.1) is 10.2 Å². The molecule has 0 fully saturated rings. The Morgan fingerprint density at radius 2 is 2.00 bits per heavy atom. The summed E-state index contributed by atoms with van der Waals surface area (Å²) in [5, 5.41) is 18.3. The van der Waals surface area contributed by atoms with Crippen LogP contribution in [0.2, 0.25) is 0 Å². The number of ether oxygens (including phenoxy) is 1. The van der Waals surface area contributed by atoms with E-state index in [0.29, 0.717) is 28.2 Å². The summed E-state index contributed by atoms with van der Waals surface area (Å²) >= 11 is 2.72. The lowest BCUT2D eigenvalue weighted by Gasteiger charge is -2.19. The molecule has 0 radical (unpaired) electrons. The van der Waals surface area contributed by atoms with Gasteiger partial charge in [-0.05, 0) is 54.1 Å². The van der Waals surface area contributed by atoms with Gasteiger partial charge in [-0.3, -0.25) is 4.79 Å². The maximum Gasteiger partial charge on any atom is 0.253 e. The summed E-state index contributed by atoms with van der Waals surface area (Å²) in [6.07, 6.45) is 3.80. The van der Waals surface area contributed by atoms with Gasteiger partial charge in [0, 0.05) is 6.42 Å². The zero-order valence-electron chi connectivity index (χ0n) is 18.2. The van der Waals surface area contributed by atoms with Gasteiger partial charge in [-0.25, -0.2) is 5.01 Å². The molecule has 1 atom stereocenters. The molecule has 0 spiro atoms. The molecule has 1 aromatic carbocycles. The number of rotatable bonds is 9. The normalized spacial score (nSPS) is 15.4. The molecule has 9 nitrogen and oxygen atoms in total. The topological polar surface area (TPSA) is 106 Å². The van der Waals surface area contributed by atoms with Gasteiger partial charge in [0.2, 0.25) is 5.13 Å². The Hall–Kier alpha value is -3.57. The summed E-state index contributed by atoms with van der Waals surface area (Å²) in [5.41, 5.74) is 1.76. The molecule has 34 heavy (non-hydrogen) atoms. The number of nitrogens with one attached hydrogen (secondary N) is 1. The van der Waals surface area contributed by atoms with Gasteiger partial charge in [0.05, 0.1) is 37.6 Å². The van der Waals surface area contributed by atoms with E-state index in [4.69, 9.17) is 13.6 Å². The summed E-state index contributed by atoms with van der Waals surface area (Å²) in [5.74, 6) is 2.33. The lowest BCUT2D eigenvalue weighted by Crippen LogP contribution is -2.28. The lowest BCUT2D eigenvalue weighted by molar-refractivity contribution is -0.130. The molecule has 0 saturated carbocycles. The van der Waals surface area contributed by atoms with E-state index < -0.39 is 0 Å². The van der Waals surface area contributed by atoms with Crippen molar-refractivity contribution in [1.82, 2.24) is 15.2 Å². The molecule has 3 aromatic heterocycles. The number of benzene rings is 1. The number of thioether (sulfide) groups is 1. The quantitative estimate of drug-likeness (QED) is 0.330. The number of hydrazone groups is 1. The van der Waals surface area contributed by atoms with Crippen molar-refractivity contribution in [2.45, 2.75) is 23.3 Å². The first-order chi connectivity index (χ1) is 16.7. The molecule has 4 heterocycles. The Kier molecular flexibility index (Phi) is 6.63. The molecule has 11 heteroatoms. The van der Waals surface area contributed by atoms with Crippen molar-refractivity contribution in [3.63, 3.8) is 0 Å². The zero-order valence-corrected chi connectivity index (χ0v) is 19.8. The van der Waals surface area contributed by atoms with Crippen molar-refractivity contribution in [3.8, 4) is 5.75 Å². The number of anilines is 1. The van der Waals surface area contributed by atoms with Crippen LogP contribution in [0.25, 0.3) is 0 Å². The highest BCUT2D eigenvalue weighted by Crippen LogP contribution is 2.35. The molecule has 0 aliphatic carbocycles. The van der Waals surface area contributed by atoms with E-state index in [-0.39, 0.29) is 17.7 Å². The first-order valence-electron chi connectivity index (χ1n) is 10.5. The fourth-order valence-corrected chi connectivity index (χ4v) is 5.11. The highest BCUT2D eigenvalue weighted by Gasteiger charge is 2.34. The summed E-state index contributed by atoms with van der Waals surface area (Å²) < 4.78 is 16.9. The Bertz CT molecular complexity index is 1250. The maximum atomic E-state index is 13.2. The minimum Gasteiger partial charge on any atom is -0.497 e. The molecule has 4 aromatic rings. The van der Waals surface area contributed by atoms with Gasteiger partial charge < -0.3 is 18.9 Å². The smallest absolute Gasteiger partial charge is 0.253 e. The van der Waals surface area contributed by atoms with Crippen molar-refractivity contribution < 1.29 is 18.4 Å². The van der Waals surface area contributed by atoms with Crippen molar-refractivity contribution in [2.75, 3.05) is 18.2 Å². The number of carbonyl (C=O) groups excluding carboxylic acids is 1. The summed E-state index contributed by atoms with van der Waals surface area (Å²) in [7, 11) is 1.63. The van der Waals surface area contributed by atoms with Gasteiger partial charge in [0.1, 0.15) is 23.3 Å². The molecule has 5 rings (SSSR count). The number of hydrogen-bond donors (Lipinski definition) is 1. The number of furan rings is 2. The summed E-state index contributed by atoms with van der Waals surface area (Å²) in [4.78, 5) is 13.2. The summed E-state index contributed by atoms with van der Waals surface area (Å²) in [6, 6.07) is 14.8. The first-order valence-corrected chi connectivity index (χ1v) is 12.3. The van der Waals surface area contributed by atoms with Crippen molar-refractivity contribution in [3.05, 3.63) is 78.1 Å². The molecule has 1 unspecified atom stereocenters. The second-order valence-corrected chi connectivity index (χ2v) is 9.54. The van der Waals surface area contributed by atoms with E-state index in [1.165, 1.54) is 28.1 Å². The van der Waals surface area contributed by atoms with Crippen LogP contribution in [0.1, 0.15) is 29.5 Å². The molecule has 174 valence electrons. The maximum absolute atomic E-state index is 13.2. The standard InChI is InChI=1S/C23H21N5O4S2/c1-30-16-8-6-15(7-9-16)18-12-19(20-5-3-11-32-20)28(27-18)21(29)14-33-23-26-25-22(34-23)24-13-17-4-2-10-31-17/h2-11,19H,12-14H2,1H3,(H,24,25). The van der Waals surface area contributed by atoms with Crippen LogP contribution >= 0.6 is 23.1 Å². The predicted octanol–water partition coefficient (Wildman–Crippen LogP) is 4.81. The molecular weight excluding hydrogens is 474 g/mol. The van der Waals surface area contributed by atoms with E-state index >= 15 is 0 Å². The van der Waals surface area contributed by atoms with Crippen molar-refractivity contribution >= 4 is 39.8 Å². The van der Waals surface area contributed by atoms with Crippen LogP contribution in [0, 0.1) is 0 Å². The number of hydrogen-bond acceptors (Lipinski definition) is 10. The van der Waals surface area contributed by atoms with Crippen LogP contribution in [0.3, 0.4) is 0 Å². The Morgan fingerprint density at radius 1 is 1.18 bits per heavy atom. The van der Waals surface area contributed by atoms with Crippen LogP contribution in [0.5, 0.6) is 5.75 Å². The number of carbonyl (C=O) groups is 1. The Balaban J connectivity index is 1.25. The molecule has 0 bridgehead atoms. The van der Waals surface area contributed by atoms with Gasteiger partial charge in [0.15, 0.2) is 4.34 Å². The highest BCUT2D eigenvalue weighted by molar-refractivity contribution is 8.01. The van der Waals surface area contributed by atoms with E-state index in [1.807, 2.05) is 48.5 Å². The predicted molar refractivity (Wildman–Crippen MR) is 129 cm³/mol. The number of aromatic nitrogens is 2. The lowest BCUT2D eigenvalue weighted by atomic mass is 10.0.